The zero-order valence-electron chi connectivity index (χ0n) is 21.0. The summed E-state index contributed by atoms with van der Waals surface area (Å²) in [6.45, 7) is 0.198. The summed E-state index contributed by atoms with van der Waals surface area (Å²) in [5.74, 6) is 1.51. The molecule has 37 heavy (non-hydrogen) atoms. The Labute approximate surface area is 214 Å². The van der Waals surface area contributed by atoms with E-state index >= 15 is 0 Å². The maximum absolute atomic E-state index is 12.6. The molecule has 2 aromatic carbocycles. The zero-order valence-corrected chi connectivity index (χ0v) is 21.0. The number of hydrogen-bond acceptors (Lipinski definition) is 8. The van der Waals surface area contributed by atoms with Crippen LogP contribution in [0, 0.1) is 0 Å². The van der Waals surface area contributed by atoms with Gasteiger partial charge in [-0.15, -0.1) is 0 Å². The number of esters is 1. The highest BCUT2D eigenvalue weighted by molar-refractivity contribution is 5.95. The van der Waals surface area contributed by atoms with Gasteiger partial charge in [0.1, 0.15) is 5.82 Å². The van der Waals surface area contributed by atoms with Crippen molar-refractivity contribution in [3.63, 3.8) is 0 Å². The number of hydrogen-bond donors (Lipinski definition) is 2. The van der Waals surface area contributed by atoms with Crippen LogP contribution in [0.2, 0.25) is 0 Å². The van der Waals surface area contributed by atoms with Crippen LogP contribution >= 0.6 is 0 Å². The van der Waals surface area contributed by atoms with Gasteiger partial charge in [0.2, 0.25) is 5.75 Å². The van der Waals surface area contributed by atoms with Crippen LogP contribution in [0.15, 0.2) is 60.9 Å². The lowest BCUT2D eigenvalue weighted by Gasteiger charge is -2.15. The van der Waals surface area contributed by atoms with E-state index in [9.17, 15) is 9.59 Å². The number of amides is 1. The van der Waals surface area contributed by atoms with E-state index in [4.69, 9.17) is 14.2 Å². The van der Waals surface area contributed by atoms with Crippen molar-refractivity contribution in [3.05, 3.63) is 66.5 Å². The highest BCUT2D eigenvalue weighted by Gasteiger charge is 2.14. The Morgan fingerprint density at radius 2 is 1.70 bits per heavy atom. The maximum atomic E-state index is 12.6. The minimum atomic E-state index is -0.377. The highest BCUT2D eigenvalue weighted by Crippen LogP contribution is 2.40. The predicted molar refractivity (Wildman–Crippen MR) is 139 cm³/mol. The molecule has 0 atom stereocenters. The summed E-state index contributed by atoms with van der Waals surface area (Å²) in [5, 5.41) is 6.96. The number of pyridine rings is 1. The van der Waals surface area contributed by atoms with Gasteiger partial charge >= 0.3 is 5.97 Å². The molecule has 0 saturated heterocycles. The summed E-state index contributed by atoms with van der Waals surface area (Å²) in [7, 11) is 5.99. The molecule has 0 aliphatic rings. The molecule has 2 heterocycles. The molecule has 192 valence electrons. The van der Waals surface area contributed by atoms with Gasteiger partial charge in [0.15, 0.2) is 11.5 Å². The fourth-order valence-corrected chi connectivity index (χ4v) is 3.90. The van der Waals surface area contributed by atoms with Crippen LogP contribution in [0.5, 0.6) is 17.2 Å². The molecule has 4 aromatic rings. The number of rotatable bonds is 10. The summed E-state index contributed by atoms with van der Waals surface area (Å²) in [5.41, 5.74) is 2.90. The third-order valence-electron chi connectivity index (χ3n) is 5.74. The van der Waals surface area contributed by atoms with Gasteiger partial charge in [0.05, 0.1) is 40.4 Å². The van der Waals surface area contributed by atoms with Gasteiger partial charge in [-0.05, 0) is 24.3 Å². The van der Waals surface area contributed by atoms with Crippen molar-refractivity contribution < 1.29 is 28.5 Å². The molecule has 10 nitrogen and oxygen atoms in total. The SMILES string of the molecule is COC(=O)CCNC(=O)c1cccc(-n2ccc3cnc(Nc4cc(OC)c(OC)c(OC)c4)cc32)c1. The molecule has 2 N–H and O–H groups in total. The Bertz CT molecular complexity index is 1410. The normalized spacial score (nSPS) is 10.6. The molecule has 0 aliphatic carbocycles. The number of nitrogens with zero attached hydrogens (tertiary/aromatic N) is 2. The summed E-state index contributed by atoms with van der Waals surface area (Å²) in [4.78, 5) is 28.4. The lowest BCUT2D eigenvalue weighted by atomic mass is 10.2. The molecule has 1 amide bonds. The van der Waals surface area contributed by atoms with Gasteiger partial charge in [-0.3, -0.25) is 9.59 Å². The molecule has 0 fully saturated rings. The summed E-state index contributed by atoms with van der Waals surface area (Å²) >= 11 is 0. The topological polar surface area (TPSA) is 113 Å². The Kier molecular flexibility index (Phi) is 7.77. The van der Waals surface area contributed by atoms with Crippen molar-refractivity contribution in [1.29, 1.82) is 0 Å². The first-order valence-electron chi connectivity index (χ1n) is 11.5. The van der Waals surface area contributed by atoms with E-state index < -0.39 is 0 Å². The molecular formula is C27H28N4O6. The van der Waals surface area contributed by atoms with Crippen molar-refractivity contribution in [2.24, 2.45) is 0 Å². The number of fused-ring (bicyclic) bond motifs is 1. The van der Waals surface area contributed by atoms with Crippen molar-refractivity contribution in [3.8, 4) is 22.9 Å². The molecule has 0 spiro atoms. The van der Waals surface area contributed by atoms with Crippen molar-refractivity contribution in [1.82, 2.24) is 14.9 Å². The van der Waals surface area contributed by atoms with E-state index in [1.165, 1.54) is 7.11 Å². The highest BCUT2D eigenvalue weighted by atomic mass is 16.5. The van der Waals surface area contributed by atoms with Crippen molar-refractivity contribution in [2.75, 3.05) is 40.3 Å². The minimum Gasteiger partial charge on any atom is -0.493 e. The quantitative estimate of drug-likeness (QED) is 0.311. The molecule has 10 heteroatoms. The lowest BCUT2D eigenvalue weighted by molar-refractivity contribution is -0.140. The average molecular weight is 505 g/mol. The Balaban J connectivity index is 1.60. The Morgan fingerprint density at radius 3 is 2.38 bits per heavy atom. The van der Waals surface area contributed by atoms with E-state index in [2.05, 4.69) is 20.4 Å². The van der Waals surface area contributed by atoms with Crippen LogP contribution in [0.25, 0.3) is 16.6 Å². The van der Waals surface area contributed by atoms with E-state index in [0.29, 0.717) is 34.3 Å². The second-order valence-corrected chi connectivity index (χ2v) is 7.99. The second kappa shape index (κ2) is 11.3. The minimum absolute atomic E-state index is 0.110. The Hall–Kier alpha value is -4.73. The number of nitrogens with one attached hydrogen (secondary N) is 2. The number of ether oxygens (including phenoxy) is 4. The fraction of sp³-hybridized carbons (Fsp3) is 0.222. The largest absolute Gasteiger partial charge is 0.493 e. The lowest BCUT2D eigenvalue weighted by Crippen LogP contribution is -2.26. The number of carbonyl (C=O) groups excluding carboxylic acids is 2. The van der Waals surface area contributed by atoms with Crippen LogP contribution in [-0.4, -0.2) is 56.4 Å². The number of anilines is 2. The maximum Gasteiger partial charge on any atom is 0.307 e. The molecule has 2 aromatic heterocycles. The summed E-state index contributed by atoms with van der Waals surface area (Å²) in [6.07, 6.45) is 3.80. The first-order chi connectivity index (χ1) is 18.0. The third kappa shape index (κ3) is 5.58. The number of benzene rings is 2. The molecule has 0 saturated carbocycles. The molecular weight excluding hydrogens is 476 g/mol. The zero-order chi connectivity index (χ0) is 26.4. The molecule has 0 bridgehead atoms. The smallest absolute Gasteiger partial charge is 0.307 e. The van der Waals surface area contributed by atoms with Gasteiger partial charge in [0.25, 0.3) is 5.91 Å². The monoisotopic (exact) mass is 504 g/mol. The van der Waals surface area contributed by atoms with Crippen LogP contribution in [0.4, 0.5) is 11.5 Å². The van der Waals surface area contributed by atoms with Crippen LogP contribution in [0.1, 0.15) is 16.8 Å². The Morgan fingerprint density at radius 1 is 0.946 bits per heavy atom. The third-order valence-corrected chi connectivity index (χ3v) is 5.74. The predicted octanol–water partition coefficient (Wildman–Crippen LogP) is 4.09. The van der Waals surface area contributed by atoms with Crippen LogP contribution in [-0.2, 0) is 9.53 Å². The van der Waals surface area contributed by atoms with Gasteiger partial charge in [0, 0.05) is 59.5 Å². The van der Waals surface area contributed by atoms with E-state index in [0.717, 1.165) is 16.6 Å². The molecule has 0 aliphatic heterocycles. The number of methoxy groups -OCH3 is 4. The average Bonchev–Trinajstić information content (AvgIpc) is 3.35. The number of carbonyl (C=O) groups is 2. The number of aromatic nitrogens is 2. The van der Waals surface area contributed by atoms with Gasteiger partial charge < -0.3 is 34.1 Å². The first-order valence-corrected chi connectivity index (χ1v) is 11.5. The van der Waals surface area contributed by atoms with E-state index in [-0.39, 0.29) is 24.8 Å². The van der Waals surface area contributed by atoms with E-state index in [1.54, 1.807) is 51.8 Å². The van der Waals surface area contributed by atoms with Crippen molar-refractivity contribution in [2.45, 2.75) is 6.42 Å². The summed E-state index contributed by atoms with van der Waals surface area (Å²) in [6, 6.07) is 14.7. The molecule has 0 radical (unpaired) electrons. The molecule has 4 rings (SSSR count). The summed E-state index contributed by atoms with van der Waals surface area (Å²) < 4.78 is 22.9. The van der Waals surface area contributed by atoms with Crippen LogP contribution in [0.3, 0.4) is 0 Å². The fourth-order valence-electron chi connectivity index (χ4n) is 3.90. The van der Waals surface area contributed by atoms with Crippen molar-refractivity contribution >= 4 is 34.3 Å². The van der Waals surface area contributed by atoms with Gasteiger partial charge in [-0.2, -0.15) is 0 Å². The second-order valence-electron chi connectivity index (χ2n) is 7.99. The van der Waals surface area contributed by atoms with Gasteiger partial charge in [-0.25, -0.2) is 4.98 Å². The molecule has 0 unspecified atom stereocenters. The van der Waals surface area contributed by atoms with Crippen LogP contribution < -0.4 is 24.8 Å². The standard InChI is InChI=1S/C27H28N4O6/c1-34-22-13-19(14-23(35-2)26(22)37-4)30-24-15-21-18(16-29-24)9-11-31(21)20-7-5-6-17(12-20)27(33)28-10-8-25(32)36-3/h5-7,9,11-16H,8,10H2,1-4H3,(H,28,33)(H,29,30). The van der Waals surface area contributed by atoms with Gasteiger partial charge in [-0.1, -0.05) is 6.07 Å². The first kappa shape index (κ1) is 25.4. The van der Waals surface area contributed by atoms with E-state index in [1.807, 2.05) is 35.0 Å².